The molecule has 1 atom stereocenters. The van der Waals surface area contributed by atoms with E-state index in [1.807, 2.05) is 6.92 Å². The lowest BCUT2D eigenvalue weighted by molar-refractivity contribution is -0.313. The van der Waals surface area contributed by atoms with Crippen LogP contribution in [0.5, 0.6) is 0 Å². The topological polar surface area (TPSA) is 77.5 Å². The van der Waals surface area contributed by atoms with Gasteiger partial charge in [0.15, 0.2) is 0 Å². The molecule has 29 heavy (non-hydrogen) atoms. The van der Waals surface area contributed by atoms with Crippen LogP contribution >= 0.6 is 0 Å². The molecule has 0 aliphatic rings. The first kappa shape index (κ1) is 20.6. The van der Waals surface area contributed by atoms with Gasteiger partial charge in [0.05, 0.1) is 16.6 Å². The third-order valence-electron chi connectivity index (χ3n) is 5.00. The van der Waals surface area contributed by atoms with Crippen molar-refractivity contribution in [3.05, 3.63) is 96.1 Å². The van der Waals surface area contributed by atoms with Crippen LogP contribution in [-0.4, -0.2) is 14.4 Å². The lowest BCUT2D eigenvalue weighted by Crippen LogP contribution is -2.59. The third-order valence-corrected chi connectivity index (χ3v) is 6.87. The van der Waals surface area contributed by atoms with Crippen molar-refractivity contribution >= 4 is 21.7 Å². The number of carbonyl (C=O) groups is 1. The van der Waals surface area contributed by atoms with Crippen LogP contribution in [0.4, 0.5) is 5.69 Å². The maximum absolute atomic E-state index is 13.8. The van der Waals surface area contributed by atoms with E-state index in [-0.39, 0.29) is 17.0 Å². The number of aliphatic carboxylic acids is 1. The number of carbonyl (C=O) groups excluding carboxylic acids is 1. The standard InChI is InChI=1S/C23H23NO4S/c1-3-23(22(25)26,19-10-6-4-7-11-19)24(20-12-8-5-9-13-20)29(27,28)21-16-14-18(2)15-17-21/h4-17H,3H2,1-2H3,(H,25,26)/p-1. The van der Waals surface area contributed by atoms with Crippen molar-refractivity contribution in [2.45, 2.75) is 30.7 Å². The summed E-state index contributed by atoms with van der Waals surface area (Å²) in [7, 11) is -4.22. The van der Waals surface area contributed by atoms with Crippen LogP contribution in [0.2, 0.25) is 0 Å². The smallest absolute Gasteiger partial charge is 0.265 e. The van der Waals surface area contributed by atoms with Crippen LogP contribution in [-0.2, 0) is 20.4 Å². The van der Waals surface area contributed by atoms with Crippen molar-refractivity contribution in [3.63, 3.8) is 0 Å². The van der Waals surface area contributed by atoms with E-state index in [2.05, 4.69) is 0 Å². The van der Waals surface area contributed by atoms with E-state index < -0.39 is 21.5 Å². The predicted molar refractivity (Wildman–Crippen MR) is 111 cm³/mol. The van der Waals surface area contributed by atoms with E-state index in [0.717, 1.165) is 9.87 Å². The number of benzene rings is 3. The average Bonchev–Trinajstić information content (AvgIpc) is 2.73. The largest absolute Gasteiger partial charge is 0.547 e. The fraction of sp³-hybridized carbons (Fsp3) is 0.174. The second kappa shape index (κ2) is 8.09. The van der Waals surface area contributed by atoms with E-state index in [9.17, 15) is 18.3 Å². The number of hydrogen-bond acceptors (Lipinski definition) is 4. The van der Waals surface area contributed by atoms with E-state index >= 15 is 0 Å². The molecule has 1 unspecified atom stereocenters. The van der Waals surface area contributed by atoms with Gasteiger partial charge in [-0.1, -0.05) is 73.2 Å². The van der Waals surface area contributed by atoms with Gasteiger partial charge in [0.2, 0.25) is 0 Å². The number of carboxylic acids is 1. The average molecular weight is 408 g/mol. The first-order valence-electron chi connectivity index (χ1n) is 9.28. The van der Waals surface area contributed by atoms with E-state index in [1.165, 1.54) is 12.1 Å². The van der Waals surface area contributed by atoms with Crippen LogP contribution in [0.15, 0.2) is 89.8 Å². The predicted octanol–water partition coefficient (Wildman–Crippen LogP) is 3.25. The molecule has 0 heterocycles. The summed E-state index contributed by atoms with van der Waals surface area (Å²) in [4.78, 5) is 12.6. The maximum Gasteiger partial charge on any atom is 0.265 e. The summed E-state index contributed by atoms with van der Waals surface area (Å²) in [6, 6.07) is 23.0. The van der Waals surface area contributed by atoms with E-state index in [4.69, 9.17) is 0 Å². The molecule has 0 aromatic heterocycles. The Morgan fingerprint density at radius 2 is 1.41 bits per heavy atom. The van der Waals surface area contributed by atoms with Gasteiger partial charge < -0.3 is 9.90 Å². The summed E-state index contributed by atoms with van der Waals surface area (Å²) in [5, 5.41) is 12.6. The van der Waals surface area contributed by atoms with Crippen LogP contribution < -0.4 is 9.41 Å². The monoisotopic (exact) mass is 408 g/mol. The molecule has 0 aliphatic heterocycles. The highest BCUT2D eigenvalue weighted by Gasteiger charge is 2.46. The fourth-order valence-electron chi connectivity index (χ4n) is 3.47. The van der Waals surface area contributed by atoms with Gasteiger partial charge in [-0.2, -0.15) is 0 Å². The normalized spacial score (nSPS) is 13.4. The molecule has 0 saturated carbocycles. The second-order valence-corrected chi connectivity index (χ2v) is 8.57. The molecule has 3 aromatic carbocycles. The SMILES string of the molecule is CCC(C(=O)[O-])(c1ccccc1)N(c1ccccc1)S(=O)(=O)c1ccc(C)cc1. The van der Waals surface area contributed by atoms with Crippen LogP contribution in [0.1, 0.15) is 24.5 Å². The molecule has 6 heteroatoms. The zero-order valence-corrected chi connectivity index (χ0v) is 17.1. The van der Waals surface area contributed by atoms with Crippen molar-refractivity contribution < 1.29 is 18.3 Å². The Morgan fingerprint density at radius 3 is 1.90 bits per heavy atom. The molecule has 5 nitrogen and oxygen atoms in total. The minimum Gasteiger partial charge on any atom is -0.547 e. The summed E-state index contributed by atoms with van der Waals surface area (Å²) < 4.78 is 28.5. The van der Waals surface area contributed by atoms with Gasteiger partial charge in [0.25, 0.3) is 10.0 Å². The molecule has 0 saturated heterocycles. The summed E-state index contributed by atoms with van der Waals surface area (Å²) in [6.07, 6.45) is -0.0146. The molecule has 3 rings (SSSR count). The van der Waals surface area contributed by atoms with Crippen molar-refractivity contribution in [2.24, 2.45) is 0 Å². The Labute approximate surface area is 171 Å². The molecule has 0 bridgehead atoms. The number of aryl methyl sites for hydroxylation is 1. The molecular formula is C23H22NO4S-. The molecule has 150 valence electrons. The fourth-order valence-corrected chi connectivity index (χ4v) is 5.28. The number of rotatable bonds is 7. The van der Waals surface area contributed by atoms with E-state index in [1.54, 1.807) is 79.7 Å². The van der Waals surface area contributed by atoms with Crippen molar-refractivity contribution in [1.82, 2.24) is 0 Å². The van der Waals surface area contributed by atoms with Gasteiger partial charge in [-0.15, -0.1) is 0 Å². The Balaban J connectivity index is 2.36. The zero-order chi connectivity index (χ0) is 21.1. The molecule has 0 spiro atoms. The van der Waals surface area contributed by atoms with Crippen molar-refractivity contribution in [2.75, 3.05) is 4.31 Å². The van der Waals surface area contributed by atoms with Gasteiger partial charge in [-0.3, -0.25) is 4.31 Å². The highest BCUT2D eigenvalue weighted by atomic mass is 32.2. The number of hydrogen-bond donors (Lipinski definition) is 0. The van der Waals surface area contributed by atoms with Gasteiger partial charge >= 0.3 is 0 Å². The lowest BCUT2D eigenvalue weighted by Gasteiger charge is -2.45. The zero-order valence-electron chi connectivity index (χ0n) is 16.3. The van der Waals surface area contributed by atoms with Crippen LogP contribution in [0.25, 0.3) is 0 Å². The molecule has 3 aromatic rings. The first-order valence-corrected chi connectivity index (χ1v) is 10.7. The minimum absolute atomic E-state index is 0.0146. The summed E-state index contributed by atoms with van der Waals surface area (Å²) in [6.45, 7) is 3.50. The highest BCUT2D eigenvalue weighted by molar-refractivity contribution is 7.93. The highest BCUT2D eigenvalue weighted by Crippen LogP contribution is 2.40. The number of para-hydroxylation sites is 1. The number of carboxylic acid groups (broad SMARTS) is 1. The lowest BCUT2D eigenvalue weighted by atomic mass is 9.86. The third kappa shape index (κ3) is 3.63. The number of nitrogens with zero attached hydrogens (tertiary/aromatic N) is 1. The van der Waals surface area contributed by atoms with Gasteiger partial charge in [0.1, 0.15) is 5.54 Å². The minimum atomic E-state index is -4.22. The Bertz CT molecular complexity index is 1080. The summed E-state index contributed by atoms with van der Waals surface area (Å²) >= 11 is 0. The Morgan fingerprint density at radius 1 is 0.897 bits per heavy atom. The number of sulfonamides is 1. The Kier molecular flexibility index (Phi) is 5.75. The first-order chi connectivity index (χ1) is 13.8. The quantitative estimate of drug-likeness (QED) is 0.601. The molecule has 0 aliphatic carbocycles. The molecule has 0 radical (unpaired) electrons. The van der Waals surface area contributed by atoms with Gasteiger partial charge in [-0.25, -0.2) is 8.42 Å². The van der Waals surface area contributed by atoms with Crippen LogP contribution in [0, 0.1) is 6.92 Å². The maximum atomic E-state index is 13.8. The summed E-state index contributed by atoms with van der Waals surface area (Å²) in [5.41, 5.74) is -0.420. The summed E-state index contributed by atoms with van der Waals surface area (Å²) in [5.74, 6) is -1.48. The molecule has 0 N–H and O–H groups in total. The van der Waals surface area contributed by atoms with Gasteiger partial charge in [0, 0.05) is 0 Å². The molecular weight excluding hydrogens is 386 g/mol. The van der Waals surface area contributed by atoms with Crippen molar-refractivity contribution in [1.29, 1.82) is 0 Å². The molecule has 0 amide bonds. The van der Waals surface area contributed by atoms with Crippen LogP contribution in [0.3, 0.4) is 0 Å². The Hall–Kier alpha value is -3.12. The van der Waals surface area contributed by atoms with E-state index in [0.29, 0.717) is 5.56 Å². The molecule has 0 fully saturated rings. The van der Waals surface area contributed by atoms with Gasteiger partial charge in [-0.05, 0) is 43.2 Å². The second-order valence-electron chi connectivity index (χ2n) is 6.79. The number of anilines is 1. The van der Waals surface area contributed by atoms with Crippen molar-refractivity contribution in [3.8, 4) is 0 Å².